The summed E-state index contributed by atoms with van der Waals surface area (Å²) in [5.41, 5.74) is 8.75. The molecule has 11 aromatic carbocycles. The van der Waals surface area contributed by atoms with Gasteiger partial charge in [-0.2, -0.15) is 0 Å². The van der Waals surface area contributed by atoms with Gasteiger partial charge in [-0.15, -0.1) is 0 Å². The van der Waals surface area contributed by atoms with Crippen LogP contribution in [0.3, 0.4) is 0 Å². The Hall–Kier alpha value is -14.3. The molecule has 0 saturated heterocycles. The molecule has 0 spiro atoms. The van der Waals surface area contributed by atoms with Crippen molar-refractivity contribution in [3.05, 3.63) is 318 Å². The SMILES string of the molecule is COc1cc(CO)ccc1C(=O)COC(=O)c1cc(C)ccc1O.COc1cc(CO)ccc1C(=O)COC(=O)c1cc(C)ccc1O.COc1ccccc1C(=O)COC(=O)c1cc(C)ccc1O.Cc1ccc(C)c(C(=O)COC(=O)c2cc3ccccc3cc2O)c1.Cc1ccc(O)c(C(=O)OCC(=O)c2ccc(CO)cc2)c1. The van der Waals surface area contributed by atoms with Crippen molar-refractivity contribution in [2.45, 2.75) is 61.4 Å². The van der Waals surface area contributed by atoms with E-state index in [1.165, 1.54) is 88.1 Å². The Kier molecular flexibility index (Phi) is 33.5. The number of para-hydroxylation sites is 1. The first kappa shape index (κ1) is 89.9. The van der Waals surface area contributed by atoms with Gasteiger partial charge in [-0.1, -0.05) is 137 Å². The minimum absolute atomic E-state index is 0.00499. The smallest absolute Gasteiger partial charge is 0.342 e. The third-order valence-electron chi connectivity index (χ3n) is 17.3. The number of hydrogen-bond acceptors (Lipinski definition) is 26. The Labute approximate surface area is 672 Å². The van der Waals surface area contributed by atoms with Crippen LogP contribution < -0.4 is 14.2 Å². The molecule has 0 aliphatic rings. The lowest BCUT2D eigenvalue weighted by atomic mass is 10.0. The van der Waals surface area contributed by atoms with E-state index in [1.807, 2.05) is 50.2 Å². The molecule has 26 nitrogen and oxygen atoms in total. The topological polar surface area (TPSA) is 406 Å². The Balaban J connectivity index is 0.000000202. The first-order valence-corrected chi connectivity index (χ1v) is 35.8. The predicted octanol–water partition coefficient (Wildman–Crippen LogP) is 13.7. The Morgan fingerprint density at radius 1 is 0.256 bits per heavy atom. The molecule has 0 radical (unpaired) electrons. The number of carbonyl (C=O) groups excluding carboxylic acids is 10. The average Bonchev–Trinajstić information content (AvgIpc) is 0.799. The largest absolute Gasteiger partial charge is 0.507 e. The standard InChI is InChI=1S/C21H18O4.2C18H18O6.2C17H16O5/c1-13-7-8-14(2)17(9-13)20(23)12-25-21(24)18-10-15-5-3-4-6-16(15)11-19(18)22;2*1-11-3-6-15(20)14(7-11)18(22)24-10-16(21)13-5-4-12(9-19)8-17(13)23-2;1-11-2-7-15(19)14(8-11)17(21)22-10-16(20)13-5-3-12(9-18)4-6-13;1-11-7-8-14(18)13(9-11)17(20)22-10-15(19)12-5-3-4-6-16(12)21-2/h3-11,22H,12H2,1-2H3;2*3-8,19-20H,9-10H2,1-2H3;2-8,18-19H,9-10H2,1H3;3-9,18H,10H2,1-2H3. The molecule has 8 N–H and O–H groups in total. The van der Waals surface area contributed by atoms with E-state index < -0.39 is 67.8 Å². The van der Waals surface area contributed by atoms with E-state index in [0.717, 1.165) is 44.2 Å². The van der Waals surface area contributed by atoms with Crippen molar-refractivity contribution >= 4 is 69.5 Å². The molecule has 0 saturated carbocycles. The molecule has 0 aliphatic carbocycles. The van der Waals surface area contributed by atoms with Gasteiger partial charge in [0.15, 0.2) is 38.8 Å². The van der Waals surface area contributed by atoms with Crippen molar-refractivity contribution < 1.29 is 127 Å². The molecular formula is C91H86O26. The van der Waals surface area contributed by atoms with E-state index in [1.54, 1.807) is 137 Å². The number of ether oxygens (including phenoxy) is 8. The first-order chi connectivity index (χ1) is 55.9. The van der Waals surface area contributed by atoms with Crippen molar-refractivity contribution in [3.63, 3.8) is 0 Å². The molecule has 0 unspecified atom stereocenters. The van der Waals surface area contributed by atoms with Crippen LogP contribution >= 0.6 is 0 Å². The number of rotatable bonds is 26. The molecule has 0 fully saturated rings. The normalized spacial score (nSPS) is 10.3. The fraction of sp³-hybridized carbons (Fsp3) is 0.187. The van der Waals surface area contributed by atoms with Gasteiger partial charge in [-0.05, 0) is 178 Å². The zero-order valence-corrected chi connectivity index (χ0v) is 65.3. The summed E-state index contributed by atoms with van der Waals surface area (Å²) in [4.78, 5) is 121. The fourth-order valence-corrected chi connectivity index (χ4v) is 10.9. The number of esters is 5. The van der Waals surface area contributed by atoms with Crippen molar-refractivity contribution in [1.29, 1.82) is 0 Å². The second kappa shape index (κ2) is 43.6. The molecule has 0 bridgehead atoms. The molecule has 606 valence electrons. The second-order valence-corrected chi connectivity index (χ2v) is 26.1. The predicted molar refractivity (Wildman–Crippen MR) is 429 cm³/mol. The number of aryl methyl sites for hydroxylation is 6. The molecule has 0 aliphatic heterocycles. The molecule has 11 aromatic rings. The number of ketones is 5. The van der Waals surface area contributed by atoms with Crippen LogP contribution in [0.15, 0.2) is 212 Å². The van der Waals surface area contributed by atoms with Gasteiger partial charge in [-0.3, -0.25) is 24.0 Å². The molecule has 0 atom stereocenters. The van der Waals surface area contributed by atoms with Crippen LogP contribution in [0.5, 0.6) is 46.0 Å². The lowest BCUT2D eigenvalue weighted by Gasteiger charge is -2.10. The summed E-state index contributed by atoms with van der Waals surface area (Å²) in [6.45, 7) is 8.23. The number of aliphatic hydroxyl groups is 3. The quantitative estimate of drug-likeness (QED) is 0.0142. The molecule has 0 amide bonds. The lowest BCUT2D eigenvalue weighted by Crippen LogP contribution is -2.15. The molecule has 11 rings (SSSR count). The van der Waals surface area contributed by atoms with Crippen LogP contribution in [0.25, 0.3) is 10.8 Å². The summed E-state index contributed by atoms with van der Waals surface area (Å²) < 4.78 is 40.3. The van der Waals surface area contributed by atoms with Gasteiger partial charge in [-0.25, -0.2) is 24.0 Å². The van der Waals surface area contributed by atoms with E-state index in [4.69, 9.17) is 53.2 Å². The Bertz CT molecular complexity index is 5320. The number of aliphatic hydroxyl groups excluding tert-OH is 3. The number of benzene rings is 11. The number of phenols is 5. The maximum Gasteiger partial charge on any atom is 0.342 e. The summed E-state index contributed by atoms with van der Waals surface area (Å²) in [5.74, 6) is -5.61. The maximum atomic E-state index is 12.3. The monoisotopic (exact) mass is 1590 g/mol. The van der Waals surface area contributed by atoms with Crippen molar-refractivity contribution in [1.82, 2.24) is 0 Å². The van der Waals surface area contributed by atoms with Gasteiger partial charge in [0.05, 0.1) is 57.8 Å². The summed E-state index contributed by atoms with van der Waals surface area (Å²) in [5, 5.41) is 77.5. The van der Waals surface area contributed by atoms with Crippen LogP contribution in [0.4, 0.5) is 0 Å². The summed E-state index contributed by atoms with van der Waals surface area (Å²) in [7, 11) is 4.27. The number of carbonyl (C=O) groups is 10. The first-order valence-electron chi connectivity index (χ1n) is 35.8. The molecule has 0 heterocycles. The zero-order valence-electron chi connectivity index (χ0n) is 65.3. The van der Waals surface area contributed by atoms with Crippen molar-refractivity contribution in [2.75, 3.05) is 54.4 Å². The number of aromatic hydroxyl groups is 5. The van der Waals surface area contributed by atoms with E-state index >= 15 is 0 Å². The van der Waals surface area contributed by atoms with Crippen LogP contribution in [0.1, 0.15) is 154 Å². The Morgan fingerprint density at radius 2 is 0.547 bits per heavy atom. The number of hydrogen-bond donors (Lipinski definition) is 8. The third-order valence-corrected chi connectivity index (χ3v) is 17.3. The van der Waals surface area contributed by atoms with E-state index in [-0.39, 0.29) is 111 Å². The second-order valence-electron chi connectivity index (χ2n) is 26.1. The molecular weight excluding hydrogens is 1510 g/mol. The molecule has 117 heavy (non-hydrogen) atoms. The highest BCUT2D eigenvalue weighted by molar-refractivity contribution is 6.06. The fourth-order valence-electron chi connectivity index (χ4n) is 10.9. The lowest BCUT2D eigenvalue weighted by molar-refractivity contribution is 0.0468. The van der Waals surface area contributed by atoms with Crippen LogP contribution in [0.2, 0.25) is 0 Å². The van der Waals surface area contributed by atoms with E-state index in [0.29, 0.717) is 50.6 Å². The molecule has 0 aromatic heterocycles. The third kappa shape index (κ3) is 25.8. The number of methoxy groups -OCH3 is 3. The highest BCUT2D eigenvalue weighted by Gasteiger charge is 2.24. The van der Waals surface area contributed by atoms with Crippen molar-refractivity contribution in [2.24, 2.45) is 0 Å². The van der Waals surface area contributed by atoms with Crippen LogP contribution in [-0.4, -0.2) is 154 Å². The highest BCUT2D eigenvalue weighted by Crippen LogP contribution is 2.30. The number of Topliss-reactive ketones (excluding diaryl/α,β-unsaturated/α-hetero) is 5. The highest BCUT2D eigenvalue weighted by atomic mass is 16.6. The van der Waals surface area contributed by atoms with E-state index in [9.17, 15) is 73.5 Å². The van der Waals surface area contributed by atoms with Gasteiger partial charge < -0.3 is 78.7 Å². The number of fused-ring (bicyclic) bond motifs is 1. The maximum absolute atomic E-state index is 12.3. The van der Waals surface area contributed by atoms with E-state index in [2.05, 4.69) is 0 Å². The van der Waals surface area contributed by atoms with Gasteiger partial charge in [0.1, 0.15) is 73.8 Å². The summed E-state index contributed by atoms with van der Waals surface area (Å²) in [6.07, 6.45) is 0. The summed E-state index contributed by atoms with van der Waals surface area (Å²) in [6, 6.07) is 56.6. The van der Waals surface area contributed by atoms with Crippen LogP contribution in [0, 0.1) is 41.5 Å². The van der Waals surface area contributed by atoms with Gasteiger partial charge in [0, 0.05) is 11.1 Å². The number of phenolic OH excluding ortho intramolecular Hbond substituents is 5. The van der Waals surface area contributed by atoms with Gasteiger partial charge in [0.25, 0.3) is 0 Å². The van der Waals surface area contributed by atoms with Gasteiger partial charge >= 0.3 is 29.8 Å². The Morgan fingerprint density at radius 3 is 0.906 bits per heavy atom. The van der Waals surface area contributed by atoms with Crippen LogP contribution in [-0.2, 0) is 43.5 Å². The average molecular weight is 1600 g/mol. The van der Waals surface area contributed by atoms with Crippen molar-refractivity contribution in [3.8, 4) is 46.0 Å². The molecule has 26 heteroatoms. The minimum Gasteiger partial charge on any atom is -0.507 e. The zero-order chi connectivity index (χ0) is 85.6. The minimum atomic E-state index is -0.782. The summed E-state index contributed by atoms with van der Waals surface area (Å²) >= 11 is 0. The van der Waals surface area contributed by atoms with Gasteiger partial charge in [0.2, 0.25) is 23.1 Å².